The topological polar surface area (TPSA) is 58.1 Å². The summed E-state index contributed by atoms with van der Waals surface area (Å²) in [6.07, 6.45) is 3.20. The van der Waals surface area contributed by atoms with Crippen molar-refractivity contribution in [2.75, 3.05) is 18.4 Å². The fourth-order valence-corrected chi connectivity index (χ4v) is 3.14. The van der Waals surface area contributed by atoms with Gasteiger partial charge in [-0.15, -0.1) is 0 Å². The van der Waals surface area contributed by atoms with E-state index >= 15 is 0 Å². The number of nitrogens with one attached hydrogen (secondary N) is 1. The van der Waals surface area contributed by atoms with Gasteiger partial charge in [-0.25, -0.2) is 9.97 Å². The molecule has 1 aliphatic rings. The van der Waals surface area contributed by atoms with E-state index in [0.29, 0.717) is 13.0 Å². The Labute approximate surface area is 131 Å². The average molecular weight is 349 g/mol. The van der Waals surface area contributed by atoms with Crippen LogP contribution in [0.4, 0.5) is 5.82 Å². The van der Waals surface area contributed by atoms with Crippen LogP contribution in [0.3, 0.4) is 0 Å². The van der Waals surface area contributed by atoms with Gasteiger partial charge < -0.3 is 10.2 Å². The molecule has 1 atom stereocenters. The number of para-hydroxylation sites is 1. The van der Waals surface area contributed by atoms with Crippen LogP contribution in [0.5, 0.6) is 0 Å². The molecule has 6 heteroatoms. The Morgan fingerprint density at radius 2 is 2.29 bits per heavy atom. The largest absolute Gasteiger partial charge is 0.365 e. The first kappa shape index (κ1) is 14.3. The van der Waals surface area contributed by atoms with Crippen molar-refractivity contribution in [1.82, 2.24) is 14.9 Å². The molecule has 1 amide bonds. The molecule has 1 aliphatic heterocycles. The first-order valence-electron chi connectivity index (χ1n) is 7.08. The molecule has 0 bridgehead atoms. The van der Waals surface area contributed by atoms with Gasteiger partial charge in [0.1, 0.15) is 12.1 Å². The lowest BCUT2D eigenvalue weighted by molar-refractivity contribution is -0.127. The summed E-state index contributed by atoms with van der Waals surface area (Å²) in [4.78, 5) is 22.2. The highest BCUT2D eigenvalue weighted by atomic mass is 79.9. The molecule has 3 rings (SSSR count). The second-order valence-electron chi connectivity index (χ2n) is 5.35. The Hall–Kier alpha value is -1.69. The lowest BCUT2D eigenvalue weighted by Crippen LogP contribution is -2.35. The molecule has 0 unspecified atom stereocenters. The minimum absolute atomic E-state index is 0.143. The van der Waals surface area contributed by atoms with Gasteiger partial charge in [0.15, 0.2) is 0 Å². The van der Waals surface area contributed by atoms with Crippen LogP contribution in [0.25, 0.3) is 10.9 Å². The Bertz CT molecular complexity index is 676. The quantitative estimate of drug-likeness (QED) is 0.922. The number of halogens is 1. The lowest BCUT2D eigenvalue weighted by Gasteiger charge is -2.22. The maximum atomic E-state index is 11.7. The summed E-state index contributed by atoms with van der Waals surface area (Å²) in [6.45, 7) is 3.64. The zero-order valence-corrected chi connectivity index (χ0v) is 13.4. The van der Waals surface area contributed by atoms with Crippen LogP contribution in [0, 0.1) is 0 Å². The van der Waals surface area contributed by atoms with Gasteiger partial charge in [0.25, 0.3) is 0 Å². The normalized spacial score (nSPS) is 16.5. The molecule has 1 aromatic carbocycles. The molecule has 1 fully saturated rings. The lowest BCUT2D eigenvalue weighted by atomic mass is 10.2. The zero-order valence-electron chi connectivity index (χ0n) is 11.8. The number of fused-ring (bicyclic) bond motifs is 1. The summed E-state index contributed by atoms with van der Waals surface area (Å²) < 4.78 is 0.952. The molecular weight excluding hydrogens is 332 g/mol. The van der Waals surface area contributed by atoms with Crippen molar-refractivity contribution in [3.63, 3.8) is 0 Å². The zero-order chi connectivity index (χ0) is 14.8. The molecule has 21 heavy (non-hydrogen) atoms. The molecule has 1 saturated heterocycles. The van der Waals surface area contributed by atoms with Crippen LogP contribution in [-0.2, 0) is 4.79 Å². The number of benzene rings is 1. The van der Waals surface area contributed by atoms with Crippen molar-refractivity contribution in [3.05, 3.63) is 29.0 Å². The predicted octanol–water partition coefficient (Wildman–Crippen LogP) is 2.82. The third-order valence-corrected chi connectivity index (χ3v) is 4.30. The molecule has 1 aromatic heterocycles. The van der Waals surface area contributed by atoms with Crippen molar-refractivity contribution in [3.8, 4) is 0 Å². The number of likely N-dealkylation sites (tertiary alicyclic amines) is 1. The van der Waals surface area contributed by atoms with E-state index < -0.39 is 0 Å². The van der Waals surface area contributed by atoms with Gasteiger partial charge in [-0.2, -0.15) is 0 Å². The minimum Gasteiger partial charge on any atom is -0.365 e. The third kappa shape index (κ3) is 3.00. The van der Waals surface area contributed by atoms with E-state index in [4.69, 9.17) is 0 Å². The van der Waals surface area contributed by atoms with E-state index in [1.165, 1.54) is 0 Å². The van der Waals surface area contributed by atoms with E-state index in [0.717, 1.165) is 34.2 Å². The van der Waals surface area contributed by atoms with Crippen LogP contribution >= 0.6 is 15.9 Å². The summed E-state index contributed by atoms with van der Waals surface area (Å²) in [7, 11) is 0. The van der Waals surface area contributed by atoms with Gasteiger partial charge in [-0.1, -0.05) is 6.07 Å². The molecular formula is C15H17BrN4O. The van der Waals surface area contributed by atoms with Crippen LogP contribution in [-0.4, -0.2) is 39.9 Å². The Morgan fingerprint density at radius 3 is 3.05 bits per heavy atom. The number of hydrogen-bond donors (Lipinski definition) is 1. The fourth-order valence-electron chi connectivity index (χ4n) is 2.67. The maximum Gasteiger partial charge on any atom is 0.222 e. The van der Waals surface area contributed by atoms with Crippen molar-refractivity contribution in [2.45, 2.75) is 25.8 Å². The van der Waals surface area contributed by atoms with Gasteiger partial charge in [0.2, 0.25) is 5.91 Å². The Kier molecular flexibility index (Phi) is 4.05. The number of amides is 1. The number of carbonyl (C=O) groups is 1. The number of nitrogens with zero attached hydrogens (tertiary/aromatic N) is 3. The second-order valence-corrected chi connectivity index (χ2v) is 6.20. The van der Waals surface area contributed by atoms with E-state index in [1.807, 2.05) is 23.1 Å². The maximum absolute atomic E-state index is 11.7. The Morgan fingerprint density at radius 1 is 1.43 bits per heavy atom. The van der Waals surface area contributed by atoms with Crippen LogP contribution in [0.15, 0.2) is 29.0 Å². The molecule has 0 saturated carbocycles. The summed E-state index contributed by atoms with van der Waals surface area (Å²) in [6, 6.07) is 6.07. The average Bonchev–Trinajstić information content (AvgIpc) is 2.85. The molecule has 0 radical (unpaired) electrons. The number of aromatic nitrogens is 2. The number of hydrogen-bond acceptors (Lipinski definition) is 4. The van der Waals surface area contributed by atoms with Crippen molar-refractivity contribution in [2.24, 2.45) is 0 Å². The molecule has 2 aromatic rings. The summed E-state index contributed by atoms with van der Waals surface area (Å²) in [5.74, 6) is 1.05. The summed E-state index contributed by atoms with van der Waals surface area (Å²) in [5.41, 5.74) is 0.888. The number of anilines is 1. The van der Waals surface area contributed by atoms with Crippen LogP contribution in [0.1, 0.15) is 19.8 Å². The van der Waals surface area contributed by atoms with Gasteiger partial charge in [0.05, 0.1) is 5.52 Å². The van der Waals surface area contributed by atoms with Crippen LogP contribution in [0.2, 0.25) is 0 Å². The molecule has 110 valence electrons. The van der Waals surface area contributed by atoms with Crippen molar-refractivity contribution < 1.29 is 4.79 Å². The highest BCUT2D eigenvalue weighted by molar-refractivity contribution is 9.10. The molecule has 2 heterocycles. The third-order valence-electron chi connectivity index (χ3n) is 3.66. The molecule has 5 nitrogen and oxygen atoms in total. The van der Waals surface area contributed by atoms with Crippen LogP contribution < -0.4 is 5.32 Å². The molecule has 0 aliphatic carbocycles. The predicted molar refractivity (Wildman–Crippen MR) is 86.1 cm³/mol. The monoisotopic (exact) mass is 348 g/mol. The van der Waals surface area contributed by atoms with Crippen molar-refractivity contribution in [1.29, 1.82) is 0 Å². The van der Waals surface area contributed by atoms with Gasteiger partial charge in [-0.05, 0) is 41.4 Å². The highest BCUT2D eigenvalue weighted by Crippen LogP contribution is 2.26. The second kappa shape index (κ2) is 5.97. The van der Waals surface area contributed by atoms with E-state index in [-0.39, 0.29) is 11.9 Å². The fraction of sp³-hybridized carbons (Fsp3) is 0.400. The van der Waals surface area contributed by atoms with Gasteiger partial charge in [-0.3, -0.25) is 4.79 Å². The van der Waals surface area contributed by atoms with E-state index in [2.05, 4.69) is 38.1 Å². The Balaban J connectivity index is 1.78. The van der Waals surface area contributed by atoms with E-state index in [9.17, 15) is 4.79 Å². The smallest absolute Gasteiger partial charge is 0.222 e. The minimum atomic E-state index is 0.143. The molecule has 0 spiro atoms. The number of rotatable bonds is 4. The first-order valence-corrected chi connectivity index (χ1v) is 7.88. The number of carbonyl (C=O) groups excluding carboxylic acids is 1. The SMILES string of the molecule is C[C@H](CN1CCCC1=O)Nc1ncnc2c(Br)cccc12. The highest BCUT2D eigenvalue weighted by Gasteiger charge is 2.22. The summed E-state index contributed by atoms with van der Waals surface area (Å²) in [5, 5.41) is 4.37. The van der Waals surface area contributed by atoms with E-state index in [1.54, 1.807) is 6.33 Å². The van der Waals surface area contributed by atoms with Crippen molar-refractivity contribution >= 4 is 38.6 Å². The van der Waals surface area contributed by atoms with Gasteiger partial charge in [0, 0.05) is 35.4 Å². The van der Waals surface area contributed by atoms with Gasteiger partial charge >= 0.3 is 0 Å². The first-order chi connectivity index (χ1) is 10.1. The summed E-state index contributed by atoms with van der Waals surface area (Å²) >= 11 is 3.51. The standard InChI is InChI=1S/C15H17BrN4O/c1-10(8-20-7-3-6-13(20)21)19-15-11-4-2-5-12(16)14(11)17-9-18-15/h2,4-5,9-10H,3,6-8H2,1H3,(H,17,18,19)/t10-/m1/s1. The molecule has 1 N–H and O–H groups in total.